The van der Waals surface area contributed by atoms with Crippen LogP contribution in [0.15, 0.2) is 35.3 Å². The second kappa shape index (κ2) is 11.4. The standard InChI is InChI=1S/C16H19N2O6PS.C2H6/c1-11-2-3-14-12(8-11)9-21-25(24-14)22-10-13(23-20)4-6-18-7-5-15(19)17-16(18)26;1-2/h2-3,5,7-8,13,20H,4,6,9-10H2,1H3,(H,17,19,26);1-2H3. The van der Waals surface area contributed by atoms with Crippen LogP contribution in [0.2, 0.25) is 0 Å². The summed E-state index contributed by atoms with van der Waals surface area (Å²) < 4.78 is 18.9. The number of aromatic nitrogens is 2. The molecule has 0 radical (unpaired) electrons. The number of benzene rings is 1. The molecule has 8 nitrogen and oxygen atoms in total. The third-order valence-corrected chi connectivity index (χ3v) is 5.20. The molecule has 2 aromatic rings. The fourth-order valence-electron chi connectivity index (χ4n) is 2.42. The first-order valence-electron chi connectivity index (χ1n) is 8.98. The van der Waals surface area contributed by atoms with E-state index in [1.54, 1.807) is 10.8 Å². The van der Waals surface area contributed by atoms with E-state index < -0.39 is 14.7 Å². The van der Waals surface area contributed by atoms with Gasteiger partial charge in [-0.15, -0.1) is 0 Å². The Hall–Kier alpha value is -1.61. The van der Waals surface area contributed by atoms with Gasteiger partial charge in [0.25, 0.3) is 5.56 Å². The highest BCUT2D eigenvalue weighted by atomic mass is 32.1. The molecule has 2 heterocycles. The van der Waals surface area contributed by atoms with Gasteiger partial charge in [-0.1, -0.05) is 31.5 Å². The van der Waals surface area contributed by atoms with Gasteiger partial charge in [0.05, 0.1) is 13.2 Å². The number of nitrogens with one attached hydrogen (secondary N) is 1. The minimum absolute atomic E-state index is 0.0973. The molecule has 0 saturated heterocycles. The lowest BCUT2D eigenvalue weighted by Crippen LogP contribution is -2.22. The molecule has 1 aromatic carbocycles. The number of aromatic amines is 1. The van der Waals surface area contributed by atoms with Crippen LogP contribution in [0.3, 0.4) is 0 Å². The summed E-state index contributed by atoms with van der Waals surface area (Å²) in [5.41, 5.74) is 1.86. The van der Waals surface area contributed by atoms with Gasteiger partial charge in [0.2, 0.25) is 0 Å². The monoisotopic (exact) mass is 428 g/mol. The van der Waals surface area contributed by atoms with Crippen molar-refractivity contribution in [3.05, 3.63) is 56.7 Å². The fourth-order valence-corrected chi connectivity index (χ4v) is 3.72. The summed E-state index contributed by atoms with van der Waals surface area (Å²) in [7, 11) is -1.55. The number of hydrogen-bond donors (Lipinski definition) is 2. The van der Waals surface area contributed by atoms with Crippen LogP contribution < -0.4 is 10.1 Å². The summed E-state index contributed by atoms with van der Waals surface area (Å²) in [4.78, 5) is 18.2. The van der Waals surface area contributed by atoms with E-state index in [9.17, 15) is 4.79 Å². The van der Waals surface area contributed by atoms with E-state index in [0.29, 0.717) is 24.3 Å². The fraction of sp³-hybridized carbons (Fsp3) is 0.444. The van der Waals surface area contributed by atoms with Gasteiger partial charge in [-0.3, -0.25) is 24.1 Å². The minimum Gasteiger partial charge on any atom is -0.426 e. The molecule has 10 heteroatoms. The van der Waals surface area contributed by atoms with Crippen LogP contribution >= 0.6 is 20.8 Å². The van der Waals surface area contributed by atoms with E-state index in [0.717, 1.165) is 16.9 Å². The van der Waals surface area contributed by atoms with Crippen molar-refractivity contribution in [1.29, 1.82) is 0 Å². The number of rotatable bonds is 7. The zero-order valence-electron chi connectivity index (χ0n) is 16.1. The molecule has 2 unspecified atom stereocenters. The van der Waals surface area contributed by atoms with Gasteiger partial charge in [-0.25, -0.2) is 4.89 Å². The van der Waals surface area contributed by atoms with Crippen LogP contribution in [0.4, 0.5) is 0 Å². The van der Waals surface area contributed by atoms with Crippen LogP contribution in [-0.4, -0.2) is 27.5 Å². The first kappa shape index (κ1) is 22.7. The minimum atomic E-state index is -1.55. The maximum atomic E-state index is 11.2. The molecule has 0 fully saturated rings. The molecular weight excluding hydrogens is 403 g/mol. The summed E-state index contributed by atoms with van der Waals surface area (Å²) in [5, 5.41) is 9.09. The molecule has 0 saturated carbocycles. The molecule has 0 spiro atoms. The van der Waals surface area contributed by atoms with E-state index in [1.165, 1.54) is 6.07 Å². The molecule has 0 amide bonds. The highest BCUT2D eigenvalue weighted by Gasteiger charge is 2.25. The van der Waals surface area contributed by atoms with Crippen LogP contribution in [-0.2, 0) is 27.1 Å². The maximum Gasteiger partial charge on any atom is 0.397 e. The number of hydrogen-bond acceptors (Lipinski definition) is 7. The largest absolute Gasteiger partial charge is 0.426 e. The van der Waals surface area contributed by atoms with Gasteiger partial charge < -0.3 is 9.09 Å². The van der Waals surface area contributed by atoms with Gasteiger partial charge in [0.1, 0.15) is 11.9 Å². The molecule has 0 bridgehead atoms. The van der Waals surface area contributed by atoms with Crippen molar-refractivity contribution in [2.45, 2.75) is 46.4 Å². The van der Waals surface area contributed by atoms with Crippen molar-refractivity contribution in [2.24, 2.45) is 0 Å². The Bertz CT molecular complexity index is 872. The third kappa shape index (κ3) is 6.48. The van der Waals surface area contributed by atoms with Gasteiger partial charge in [0.15, 0.2) is 4.77 Å². The molecule has 2 N–H and O–H groups in total. The highest BCUT2D eigenvalue weighted by Crippen LogP contribution is 2.47. The average molecular weight is 428 g/mol. The number of H-pyrrole nitrogens is 1. The van der Waals surface area contributed by atoms with Crippen LogP contribution in [0.1, 0.15) is 31.4 Å². The SMILES string of the molecule is CC.Cc1ccc2c(c1)COP(OCC(CCn1ccc(=O)[nH]c1=S)OO)O2. The molecule has 1 aliphatic rings. The van der Waals surface area contributed by atoms with E-state index in [2.05, 4.69) is 9.87 Å². The third-order valence-electron chi connectivity index (χ3n) is 3.82. The lowest BCUT2D eigenvalue weighted by molar-refractivity contribution is -0.285. The molecule has 28 heavy (non-hydrogen) atoms. The number of aryl methyl sites for hydroxylation is 2. The zero-order chi connectivity index (χ0) is 20.5. The Balaban J connectivity index is 0.00000136. The first-order valence-corrected chi connectivity index (χ1v) is 10.5. The molecule has 0 aliphatic carbocycles. The van der Waals surface area contributed by atoms with E-state index in [4.69, 9.17) is 31.0 Å². The molecule has 3 rings (SSSR count). The topological polar surface area (TPSA) is 94.9 Å². The predicted octanol–water partition coefficient (Wildman–Crippen LogP) is 4.34. The summed E-state index contributed by atoms with van der Waals surface area (Å²) >= 11 is 5.08. The Morgan fingerprint density at radius 3 is 2.89 bits per heavy atom. The highest BCUT2D eigenvalue weighted by molar-refractivity contribution is 7.71. The van der Waals surface area contributed by atoms with Crippen molar-refractivity contribution >= 4 is 20.8 Å². The Labute approximate surface area is 170 Å². The average Bonchev–Trinajstić information content (AvgIpc) is 2.71. The lowest BCUT2D eigenvalue weighted by atomic mass is 10.1. The van der Waals surface area contributed by atoms with Crippen LogP contribution in [0, 0.1) is 11.7 Å². The van der Waals surface area contributed by atoms with Crippen molar-refractivity contribution in [1.82, 2.24) is 9.55 Å². The lowest BCUT2D eigenvalue weighted by Gasteiger charge is -2.25. The van der Waals surface area contributed by atoms with Crippen molar-refractivity contribution in [3.63, 3.8) is 0 Å². The second-order valence-corrected chi connectivity index (χ2v) is 7.35. The Kier molecular flexibility index (Phi) is 9.24. The van der Waals surface area contributed by atoms with Gasteiger partial charge in [-0.05, 0) is 31.6 Å². The van der Waals surface area contributed by atoms with Crippen molar-refractivity contribution < 1.29 is 23.7 Å². The van der Waals surface area contributed by atoms with Crippen molar-refractivity contribution in [2.75, 3.05) is 6.61 Å². The number of fused-ring (bicyclic) bond motifs is 1. The molecular formula is C18H25N2O6PS. The summed E-state index contributed by atoms with van der Waals surface area (Å²) in [5.74, 6) is 0.744. The second-order valence-electron chi connectivity index (χ2n) is 5.81. The van der Waals surface area contributed by atoms with Crippen molar-refractivity contribution in [3.8, 4) is 5.75 Å². The van der Waals surface area contributed by atoms with Gasteiger partial charge in [-0.2, -0.15) is 0 Å². The predicted molar refractivity (Wildman–Crippen MR) is 109 cm³/mol. The summed E-state index contributed by atoms with van der Waals surface area (Å²) in [6.07, 6.45) is 1.43. The summed E-state index contributed by atoms with van der Waals surface area (Å²) in [6.45, 7) is 6.97. The van der Waals surface area contributed by atoms with Crippen LogP contribution in [0.5, 0.6) is 5.75 Å². The Morgan fingerprint density at radius 2 is 2.18 bits per heavy atom. The molecule has 1 aromatic heterocycles. The number of nitrogens with zero attached hydrogens (tertiary/aromatic N) is 1. The zero-order valence-corrected chi connectivity index (χ0v) is 17.8. The summed E-state index contributed by atoms with van der Waals surface area (Å²) in [6, 6.07) is 7.25. The molecule has 1 aliphatic heterocycles. The van der Waals surface area contributed by atoms with E-state index in [-0.39, 0.29) is 12.2 Å². The van der Waals surface area contributed by atoms with Gasteiger partial charge in [0, 0.05) is 24.4 Å². The normalized spacial score (nSPS) is 16.4. The smallest absolute Gasteiger partial charge is 0.397 e. The quantitative estimate of drug-likeness (QED) is 0.293. The van der Waals surface area contributed by atoms with Crippen LogP contribution in [0.25, 0.3) is 0 Å². The molecule has 2 atom stereocenters. The van der Waals surface area contributed by atoms with E-state index >= 15 is 0 Å². The van der Waals surface area contributed by atoms with E-state index in [1.807, 2.05) is 39.0 Å². The first-order chi connectivity index (χ1) is 13.5. The molecule has 154 valence electrons. The van der Waals surface area contributed by atoms with Gasteiger partial charge >= 0.3 is 8.60 Å². The Morgan fingerprint density at radius 1 is 1.39 bits per heavy atom. The maximum absolute atomic E-state index is 11.2.